The van der Waals surface area contributed by atoms with Gasteiger partial charge in [-0.1, -0.05) is 12.1 Å². The van der Waals surface area contributed by atoms with Gasteiger partial charge in [0.25, 0.3) is 0 Å². The van der Waals surface area contributed by atoms with E-state index < -0.39 is 0 Å². The van der Waals surface area contributed by atoms with Crippen LogP contribution >= 0.6 is 0 Å². The van der Waals surface area contributed by atoms with Gasteiger partial charge in [0.2, 0.25) is 11.9 Å². The number of benzene rings is 1. The Morgan fingerprint density at radius 1 is 1.14 bits per heavy atom. The van der Waals surface area contributed by atoms with Crippen molar-refractivity contribution in [1.82, 2.24) is 20.2 Å². The Balaban J connectivity index is 1.24. The van der Waals surface area contributed by atoms with Crippen LogP contribution in [-0.2, 0) is 9.53 Å². The van der Waals surface area contributed by atoms with E-state index in [9.17, 15) is 9.59 Å². The van der Waals surface area contributed by atoms with Crippen LogP contribution in [0, 0.1) is 5.92 Å². The van der Waals surface area contributed by atoms with Crippen LogP contribution in [0.4, 0.5) is 10.7 Å². The standard InChI is InChI=1S/C21H29N5O3/c1-2-29-21(28)26-13-9-16(10-14-26)22-19(27)15-7-11-25(12-8-15)20-23-17-5-3-4-6-18(17)24-20/h3-6,15-16H,2,7-14H2,1H3,(H,22,27)(H,23,24). The van der Waals surface area contributed by atoms with Crippen LogP contribution in [0.15, 0.2) is 24.3 Å². The molecule has 0 saturated carbocycles. The number of nitrogens with one attached hydrogen (secondary N) is 2. The van der Waals surface area contributed by atoms with Crippen molar-refractivity contribution in [3.8, 4) is 0 Å². The van der Waals surface area contributed by atoms with Gasteiger partial charge in [0.15, 0.2) is 0 Å². The lowest BCUT2D eigenvalue weighted by molar-refractivity contribution is -0.126. The zero-order valence-corrected chi connectivity index (χ0v) is 16.9. The zero-order valence-electron chi connectivity index (χ0n) is 16.9. The Morgan fingerprint density at radius 3 is 2.55 bits per heavy atom. The third-order valence-corrected chi connectivity index (χ3v) is 5.91. The summed E-state index contributed by atoms with van der Waals surface area (Å²) in [6.45, 7) is 5.10. The van der Waals surface area contributed by atoms with Gasteiger partial charge in [-0.05, 0) is 44.7 Å². The summed E-state index contributed by atoms with van der Waals surface area (Å²) in [5.41, 5.74) is 2.01. The van der Waals surface area contributed by atoms with Gasteiger partial charge in [-0.3, -0.25) is 4.79 Å². The topological polar surface area (TPSA) is 90.6 Å². The molecule has 2 aliphatic heterocycles. The van der Waals surface area contributed by atoms with Crippen molar-refractivity contribution >= 4 is 29.0 Å². The first kappa shape index (κ1) is 19.5. The highest BCUT2D eigenvalue weighted by Gasteiger charge is 2.29. The highest BCUT2D eigenvalue weighted by molar-refractivity contribution is 5.80. The van der Waals surface area contributed by atoms with Crippen LogP contribution in [0.2, 0.25) is 0 Å². The van der Waals surface area contributed by atoms with Crippen molar-refractivity contribution in [3.63, 3.8) is 0 Å². The first-order valence-electron chi connectivity index (χ1n) is 10.6. The fourth-order valence-corrected chi connectivity index (χ4v) is 4.18. The molecular formula is C21H29N5O3. The van der Waals surface area contributed by atoms with Crippen LogP contribution < -0.4 is 10.2 Å². The number of rotatable bonds is 4. The molecule has 1 aromatic carbocycles. The van der Waals surface area contributed by atoms with Gasteiger partial charge in [0.1, 0.15) is 0 Å². The number of carbonyl (C=O) groups is 2. The maximum Gasteiger partial charge on any atom is 0.409 e. The Labute approximate surface area is 170 Å². The summed E-state index contributed by atoms with van der Waals surface area (Å²) < 4.78 is 5.05. The summed E-state index contributed by atoms with van der Waals surface area (Å²) in [5, 5.41) is 3.20. The molecule has 29 heavy (non-hydrogen) atoms. The summed E-state index contributed by atoms with van der Waals surface area (Å²) in [5.74, 6) is 1.07. The third-order valence-electron chi connectivity index (χ3n) is 5.91. The quantitative estimate of drug-likeness (QED) is 0.824. The summed E-state index contributed by atoms with van der Waals surface area (Å²) in [6, 6.07) is 8.16. The number of ether oxygens (including phenoxy) is 1. The molecule has 8 nitrogen and oxygen atoms in total. The molecule has 156 valence electrons. The molecule has 2 fully saturated rings. The molecule has 2 amide bonds. The van der Waals surface area contributed by atoms with Gasteiger partial charge in [-0.25, -0.2) is 9.78 Å². The Morgan fingerprint density at radius 2 is 1.86 bits per heavy atom. The molecule has 2 N–H and O–H groups in total. The number of hydrogen-bond donors (Lipinski definition) is 2. The van der Waals surface area contributed by atoms with E-state index in [1.54, 1.807) is 4.90 Å². The Bertz CT molecular complexity index is 818. The van der Waals surface area contributed by atoms with Crippen LogP contribution in [0.1, 0.15) is 32.6 Å². The second-order valence-corrected chi connectivity index (χ2v) is 7.81. The van der Waals surface area contributed by atoms with Crippen molar-refractivity contribution in [2.45, 2.75) is 38.6 Å². The molecule has 2 saturated heterocycles. The molecule has 8 heteroatoms. The average molecular weight is 399 g/mol. The normalized spacial score (nSPS) is 18.8. The fraction of sp³-hybridized carbons (Fsp3) is 0.571. The minimum atomic E-state index is -0.254. The molecule has 4 rings (SSSR count). The van der Waals surface area contributed by atoms with Gasteiger partial charge in [0, 0.05) is 38.1 Å². The summed E-state index contributed by atoms with van der Waals surface area (Å²) in [7, 11) is 0. The first-order valence-corrected chi connectivity index (χ1v) is 10.6. The van der Waals surface area contributed by atoms with Crippen molar-refractivity contribution < 1.29 is 14.3 Å². The highest BCUT2D eigenvalue weighted by Crippen LogP contribution is 2.24. The van der Waals surface area contributed by atoms with Crippen LogP contribution in [0.3, 0.4) is 0 Å². The number of para-hydroxylation sites is 2. The Hall–Kier alpha value is -2.77. The Kier molecular flexibility index (Phi) is 5.87. The van der Waals surface area contributed by atoms with E-state index in [1.807, 2.05) is 31.2 Å². The number of aromatic nitrogens is 2. The lowest BCUT2D eigenvalue weighted by Gasteiger charge is -2.34. The second-order valence-electron chi connectivity index (χ2n) is 7.81. The number of anilines is 1. The molecular weight excluding hydrogens is 370 g/mol. The molecule has 2 aliphatic rings. The zero-order chi connectivity index (χ0) is 20.2. The monoisotopic (exact) mass is 399 g/mol. The molecule has 1 aromatic heterocycles. The van der Waals surface area contributed by atoms with Crippen molar-refractivity contribution in [2.75, 3.05) is 37.7 Å². The highest BCUT2D eigenvalue weighted by atomic mass is 16.6. The number of nitrogens with zero attached hydrogens (tertiary/aromatic N) is 3. The average Bonchev–Trinajstić information content (AvgIpc) is 3.19. The lowest BCUT2D eigenvalue weighted by Crippen LogP contribution is -2.49. The number of imidazole rings is 1. The van der Waals surface area contributed by atoms with E-state index in [2.05, 4.69) is 20.2 Å². The summed E-state index contributed by atoms with van der Waals surface area (Å²) >= 11 is 0. The number of fused-ring (bicyclic) bond motifs is 1. The number of hydrogen-bond acceptors (Lipinski definition) is 5. The molecule has 0 radical (unpaired) electrons. The number of piperidine rings is 2. The molecule has 0 atom stereocenters. The minimum Gasteiger partial charge on any atom is -0.450 e. The third kappa shape index (κ3) is 4.46. The van der Waals surface area contributed by atoms with Crippen LogP contribution in [-0.4, -0.2) is 65.7 Å². The molecule has 3 heterocycles. The van der Waals surface area contributed by atoms with Gasteiger partial charge in [-0.2, -0.15) is 0 Å². The maximum atomic E-state index is 12.7. The van der Waals surface area contributed by atoms with Crippen LogP contribution in [0.5, 0.6) is 0 Å². The molecule has 2 aromatic rings. The van der Waals surface area contributed by atoms with E-state index in [4.69, 9.17) is 4.74 Å². The van der Waals surface area contributed by atoms with Gasteiger partial charge < -0.3 is 24.8 Å². The van der Waals surface area contributed by atoms with E-state index in [-0.39, 0.29) is 24.0 Å². The van der Waals surface area contributed by atoms with Crippen molar-refractivity contribution in [1.29, 1.82) is 0 Å². The molecule has 0 aliphatic carbocycles. The van der Waals surface area contributed by atoms with E-state index in [0.717, 1.165) is 55.8 Å². The number of carbonyl (C=O) groups excluding carboxylic acids is 2. The number of amides is 2. The number of aromatic amines is 1. The SMILES string of the molecule is CCOC(=O)N1CCC(NC(=O)C2CCN(c3nc4ccccc4[nH]3)CC2)CC1. The van der Waals surface area contributed by atoms with Gasteiger partial charge >= 0.3 is 6.09 Å². The predicted molar refractivity (Wildman–Crippen MR) is 111 cm³/mol. The summed E-state index contributed by atoms with van der Waals surface area (Å²) in [4.78, 5) is 36.5. The van der Waals surface area contributed by atoms with E-state index in [1.165, 1.54) is 0 Å². The van der Waals surface area contributed by atoms with Gasteiger partial charge in [0.05, 0.1) is 17.6 Å². The summed E-state index contributed by atoms with van der Waals surface area (Å²) in [6.07, 6.45) is 2.95. The van der Waals surface area contributed by atoms with Gasteiger partial charge in [-0.15, -0.1) is 0 Å². The number of likely N-dealkylation sites (tertiary alicyclic amines) is 1. The number of H-pyrrole nitrogens is 1. The predicted octanol–water partition coefficient (Wildman–Crippen LogP) is 2.52. The van der Waals surface area contributed by atoms with Crippen molar-refractivity contribution in [2.24, 2.45) is 5.92 Å². The molecule has 0 spiro atoms. The van der Waals surface area contributed by atoms with Crippen LogP contribution in [0.25, 0.3) is 11.0 Å². The smallest absolute Gasteiger partial charge is 0.409 e. The van der Waals surface area contributed by atoms with E-state index in [0.29, 0.717) is 19.7 Å². The fourth-order valence-electron chi connectivity index (χ4n) is 4.18. The first-order chi connectivity index (χ1) is 14.1. The molecule has 0 unspecified atom stereocenters. The maximum absolute atomic E-state index is 12.7. The molecule has 0 bridgehead atoms. The second kappa shape index (κ2) is 8.71. The lowest BCUT2D eigenvalue weighted by atomic mass is 9.95. The largest absolute Gasteiger partial charge is 0.450 e. The minimum absolute atomic E-state index is 0.0405. The van der Waals surface area contributed by atoms with Crippen molar-refractivity contribution in [3.05, 3.63) is 24.3 Å². The van der Waals surface area contributed by atoms with E-state index >= 15 is 0 Å².